The van der Waals surface area contributed by atoms with Crippen molar-refractivity contribution in [1.82, 2.24) is 15.2 Å². The normalized spacial score (nSPS) is 13.9. The molecule has 4 rings (SSSR count). The van der Waals surface area contributed by atoms with Crippen molar-refractivity contribution >= 4 is 28.8 Å². The molecule has 6 heteroatoms. The van der Waals surface area contributed by atoms with E-state index in [0.29, 0.717) is 6.54 Å². The summed E-state index contributed by atoms with van der Waals surface area (Å²) < 4.78 is 6.00. The lowest BCUT2D eigenvalue weighted by Crippen LogP contribution is -2.24. The maximum absolute atomic E-state index is 12.6. The number of nitrogens with zero attached hydrogens (tertiary/aromatic N) is 2. The standard InChI is InChI=1S/C23H26N4O2/c1-15-4-6-19-16(2)21(29-20(19)10-15)14-27(3)22(28)7-5-17-11-18-13-24-8-9-25-23(18)26-12-17/h4-7,10-12,24H,8-9,13-14H2,1-3H3,(H,25,26)/b7-5+. The summed E-state index contributed by atoms with van der Waals surface area (Å²) >= 11 is 0. The smallest absolute Gasteiger partial charge is 0.246 e. The molecule has 1 amide bonds. The third-order valence-corrected chi connectivity index (χ3v) is 5.27. The van der Waals surface area contributed by atoms with Crippen LogP contribution < -0.4 is 10.6 Å². The van der Waals surface area contributed by atoms with Gasteiger partial charge in [0.1, 0.15) is 17.2 Å². The Morgan fingerprint density at radius 3 is 3.00 bits per heavy atom. The van der Waals surface area contributed by atoms with Crippen LogP contribution in [0, 0.1) is 13.8 Å². The highest BCUT2D eigenvalue weighted by molar-refractivity contribution is 5.91. The molecule has 0 fully saturated rings. The number of benzene rings is 1. The first-order valence-corrected chi connectivity index (χ1v) is 9.86. The van der Waals surface area contributed by atoms with Gasteiger partial charge in [0.2, 0.25) is 5.91 Å². The SMILES string of the molecule is Cc1ccc2c(C)c(CN(C)C(=O)/C=C/c3cnc4c(c3)CNCCN4)oc2c1. The maximum Gasteiger partial charge on any atom is 0.246 e. The summed E-state index contributed by atoms with van der Waals surface area (Å²) in [6.45, 7) is 7.05. The van der Waals surface area contributed by atoms with Crippen molar-refractivity contribution in [3.63, 3.8) is 0 Å². The molecule has 1 aliphatic heterocycles. The van der Waals surface area contributed by atoms with Crippen LogP contribution in [0.5, 0.6) is 0 Å². The highest BCUT2D eigenvalue weighted by atomic mass is 16.3. The molecule has 2 N–H and O–H groups in total. The third-order valence-electron chi connectivity index (χ3n) is 5.27. The molecule has 0 unspecified atom stereocenters. The van der Waals surface area contributed by atoms with E-state index in [1.54, 1.807) is 24.2 Å². The van der Waals surface area contributed by atoms with E-state index in [-0.39, 0.29) is 5.91 Å². The number of aryl methyl sites for hydroxylation is 2. The Hall–Kier alpha value is -3.12. The zero-order valence-corrected chi connectivity index (χ0v) is 17.1. The predicted octanol–water partition coefficient (Wildman–Crippen LogP) is 3.63. The minimum absolute atomic E-state index is 0.0766. The Morgan fingerprint density at radius 2 is 2.14 bits per heavy atom. The van der Waals surface area contributed by atoms with Gasteiger partial charge in [0.05, 0.1) is 6.54 Å². The second kappa shape index (κ2) is 8.09. The van der Waals surface area contributed by atoms with E-state index in [0.717, 1.165) is 64.4 Å². The molecule has 6 nitrogen and oxygen atoms in total. The number of furan rings is 1. The van der Waals surface area contributed by atoms with Crippen LogP contribution in [0.15, 0.2) is 41.0 Å². The van der Waals surface area contributed by atoms with Gasteiger partial charge < -0.3 is 20.0 Å². The molecule has 2 aromatic heterocycles. The number of nitrogens with one attached hydrogen (secondary N) is 2. The Labute approximate surface area is 170 Å². The largest absolute Gasteiger partial charge is 0.459 e. The van der Waals surface area contributed by atoms with E-state index in [4.69, 9.17) is 4.42 Å². The molecule has 0 bridgehead atoms. The van der Waals surface area contributed by atoms with Gasteiger partial charge in [0.15, 0.2) is 0 Å². The summed E-state index contributed by atoms with van der Waals surface area (Å²) in [5.41, 5.74) is 5.13. The average Bonchev–Trinajstić information content (AvgIpc) is 2.87. The van der Waals surface area contributed by atoms with Gasteiger partial charge in [0.25, 0.3) is 0 Å². The van der Waals surface area contributed by atoms with E-state index in [1.807, 2.05) is 26.0 Å². The molecule has 150 valence electrons. The molecular weight excluding hydrogens is 364 g/mol. The van der Waals surface area contributed by atoms with Crippen molar-refractivity contribution in [3.8, 4) is 0 Å². The number of amides is 1. The second-order valence-corrected chi connectivity index (χ2v) is 7.56. The van der Waals surface area contributed by atoms with Gasteiger partial charge in [0, 0.05) is 55.5 Å². The number of anilines is 1. The molecule has 0 saturated heterocycles. The summed E-state index contributed by atoms with van der Waals surface area (Å²) in [5.74, 6) is 1.65. The lowest BCUT2D eigenvalue weighted by atomic mass is 10.1. The molecule has 0 aliphatic carbocycles. The summed E-state index contributed by atoms with van der Waals surface area (Å²) in [6, 6.07) is 8.24. The lowest BCUT2D eigenvalue weighted by Gasteiger charge is -2.14. The fourth-order valence-electron chi connectivity index (χ4n) is 3.53. The predicted molar refractivity (Wildman–Crippen MR) is 116 cm³/mol. The van der Waals surface area contributed by atoms with Gasteiger partial charge >= 0.3 is 0 Å². The Morgan fingerprint density at radius 1 is 1.28 bits per heavy atom. The van der Waals surface area contributed by atoms with Crippen LogP contribution in [-0.4, -0.2) is 35.9 Å². The van der Waals surface area contributed by atoms with Gasteiger partial charge in [-0.05, 0) is 43.2 Å². The fraction of sp³-hybridized carbons (Fsp3) is 0.304. The van der Waals surface area contributed by atoms with Crippen molar-refractivity contribution in [3.05, 3.63) is 64.6 Å². The van der Waals surface area contributed by atoms with Gasteiger partial charge in [-0.3, -0.25) is 4.79 Å². The maximum atomic E-state index is 12.6. The number of pyridine rings is 1. The van der Waals surface area contributed by atoms with Crippen molar-refractivity contribution in [2.75, 3.05) is 25.5 Å². The zero-order chi connectivity index (χ0) is 20.4. The Balaban J connectivity index is 1.46. The molecule has 0 radical (unpaired) electrons. The van der Waals surface area contributed by atoms with Crippen LogP contribution >= 0.6 is 0 Å². The second-order valence-electron chi connectivity index (χ2n) is 7.56. The van der Waals surface area contributed by atoms with E-state index in [9.17, 15) is 4.79 Å². The fourth-order valence-corrected chi connectivity index (χ4v) is 3.53. The highest BCUT2D eigenvalue weighted by Gasteiger charge is 2.15. The van der Waals surface area contributed by atoms with Crippen molar-refractivity contribution in [1.29, 1.82) is 0 Å². The average molecular weight is 390 g/mol. The van der Waals surface area contributed by atoms with Gasteiger partial charge in [-0.1, -0.05) is 12.1 Å². The van der Waals surface area contributed by atoms with E-state index >= 15 is 0 Å². The zero-order valence-electron chi connectivity index (χ0n) is 17.1. The third kappa shape index (κ3) is 4.17. The van der Waals surface area contributed by atoms with Crippen LogP contribution in [0.25, 0.3) is 17.0 Å². The first-order valence-electron chi connectivity index (χ1n) is 9.86. The van der Waals surface area contributed by atoms with Gasteiger partial charge in [-0.25, -0.2) is 4.98 Å². The van der Waals surface area contributed by atoms with E-state index in [2.05, 4.69) is 33.8 Å². The number of likely N-dealkylation sites (N-methyl/N-ethyl adjacent to an activating group) is 1. The first kappa shape index (κ1) is 19.2. The molecule has 1 aliphatic rings. The van der Waals surface area contributed by atoms with Crippen LogP contribution in [0.1, 0.15) is 28.0 Å². The number of rotatable bonds is 4. The summed E-state index contributed by atoms with van der Waals surface area (Å²) in [4.78, 5) is 18.7. The first-order chi connectivity index (χ1) is 14.0. The lowest BCUT2D eigenvalue weighted by molar-refractivity contribution is -0.125. The van der Waals surface area contributed by atoms with E-state index < -0.39 is 0 Å². The minimum atomic E-state index is -0.0766. The van der Waals surface area contributed by atoms with Crippen LogP contribution in [0.4, 0.5) is 5.82 Å². The summed E-state index contributed by atoms with van der Waals surface area (Å²) in [7, 11) is 1.79. The topological polar surface area (TPSA) is 70.4 Å². The van der Waals surface area contributed by atoms with Crippen molar-refractivity contribution in [2.45, 2.75) is 26.9 Å². The number of carbonyl (C=O) groups is 1. The van der Waals surface area contributed by atoms with Gasteiger partial charge in [-0.2, -0.15) is 0 Å². The number of fused-ring (bicyclic) bond motifs is 2. The summed E-state index contributed by atoms with van der Waals surface area (Å²) in [6.07, 6.45) is 5.18. The quantitative estimate of drug-likeness (QED) is 0.666. The number of aromatic nitrogens is 1. The number of hydrogen-bond donors (Lipinski definition) is 2. The monoisotopic (exact) mass is 390 g/mol. The minimum Gasteiger partial charge on any atom is -0.459 e. The highest BCUT2D eigenvalue weighted by Crippen LogP contribution is 2.27. The summed E-state index contributed by atoms with van der Waals surface area (Å²) in [5, 5.41) is 7.75. The van der Waals surface area contributed by atoms with E-state index in [1.165, 1.54) is 0 Å². The molecule has 3 aromatic rings. The van der Waals surface area contributed by atoms with Crippen molar-refractivity contribution < 1.29 is 9.21 Å². The van der Waals surface area contributed by atoms with Crippen LogP contribution in [0.3, 0.4) is 0 Å². The van der Waals surface area contributed by atoms with Crippen molar-refractivity contribution in [2.24, 2.45) is 0 Å². The van der Waals surface area contributed by atoms with Gasteiger partial charge in [-0.15, -0.1) is 0 Å². The Kier molecular flexibility index (Phi) is 5.36. The van der Waals surface area contributed by atoms with Crippen LogP contribution in [-0.2, 0) is 17.9 Å². The van der Waals surface area contributed by atoms with Crippen LogP contribution in [0.2, 0.25) is 0 Å². The molecular formula is C23H26N4O2. The molecule has 0 spiro atoms. The Bertz CT molecular complexity index is 1080. The molecule has 29 heavy (non-hydrogen) atoms. The molecule has 0 saturated carbocycles. The molecule has 1 aromatic carbocycles. The number of hydrogen-bond acceptors (Lipinski definition) is 5. The number of carbonyl (C=O) groups excluding carboxylic acids is 1. The molecule has 0 atom stereocenters. The molecule has 3 heterocycles.